The Balaban J connectivity index is 1.60. The van der Waals surface area contributed by atoms with Crippen molar-refractivity contribution in [3.05, 3.63) is 71.3 Å². The molecule has 7 nitrogen and oxygen atoms in total. The van der Waals surface area contributed by atoms with Crippen LogP contribution >= 0.6 is 0 Å². The fourth-order valence-corrected chi connectivity index (χ4v) is 3.84. The van der Waals surface area contributed by atoms with Gasteiger partial charge in [0.25, 0.3) is 0 Å². The van der Waals surface area contributed by atoms with E-state index in [-0.39, 0.29) is 18.0 Å². The van der Waals surface area contributed by atoms with Gasteiger partial charge < -0.3 is 14.8 Å². The van der Waals surface area contributed by atoms with Crippen LogP contribution in [-0.4, -0.2) is 34.7 Å². The number of hydrogen-bond donors (Lipinski definition) is 1. The Labute approximate surface area is 191 Å². The normalized spacial score (nSPS) is 10.9. The molecule has 2 aromatic heterocycles. The van der Waals surface area contributed by atoms with Crippen LogP contribution in [0.1, 0.15) is 23.4 Å². The van der Waals surface area contributed by atoms with E-state index < -0.39 is 5.82 Å². The fourth-order valence-electron chi connectivity index (χ4n) is 3.84. The molecule has 0 saturated heterocycles. The first-order valence-corrected chi connectivity index (χ1v) is 10.5. The molecule has 1 N–H and O–H groups in total. The number of benzene rings is 2. The highest BCUT2D eigenvalue weighted by Gasteiger charge is 2.17. The maximum absolute atomic E-state index is 13.8. The zero-order valence-corrected chi connectivity index (χ0v) is 19.0. The summed E-state index contributed by atoms with van der Waals surface area (Å²) in [7, 11) is 3.21. The molecule has 0 fully saturated rings. The third-order valence-electron chi connectivity index (χ3n) is 5.60. The lowest BCUT2D eigenvalue weighted by Gasteiger charge is -2.11. The number of para-hydroxylation sites is 1. The number of halogens is 1. The van der Waals surface area contributed by atoms with Gasteiger partial charge in [-0.1, -0.05) is 12.1 Å². The quantitative estimate of drug-likeness (QED) is 0.442. The van der Waals surface area contributed by atoms with Gasteiger partial charge in [0.05, 0.1) is 25.6 Å². The fraction of sp³-hybridized carbons (Fsp3) is 0.240. The molecule has 0 aliphatic carbocycles. The van der Waals surface area contributed by atoms with E-state index in [1.165, 1.54) is 12.1 Å². The van der Waals surface area contributed by atoms with Crippen molar-refractivity contribution < 1.29 is 18.7 Å². The summed E-state index contributed by atoms with van der Waals surface area (Å²) >= 11 is 0. The molecule has 1 amide bonds. The molecule has 0 aliphatic rings. The molecule has 2 aromatic carbocycles. The number of carbonyl (C=O) groups is 1. The second-order valence-electron chi connectivity index (χ2n) is 7.65. The van der Waals surface area contributed by atoms with Crippen LogP contribution in [0.15, 0.2) is 48.5 Å². The van der Waals surface area contributed by atoms with E-state index in [4.69, 9.17) is 19.6 Å². The summed E-state index contributed by atoms with van der Waals surface area (Å²) in [5.74, 6) is 0.625. The highest BCUT2D eigenvalue weighted by Crippen LogP contribution is 2.33. The molecule has 4 rings (SSSR count). The smallest absolute Gasteiger partial charge is 0.224 e. The van der Waals surface area contributed by atoms with E-state index in [0.717, 1.165) is 28.2 Å². The Morgan fingerprint density at radius 3 is 2.61 bits per heavy atom. The van der Waals surface area contributed by atoms with Crippen molar-refractivity contribution in [2.45, 2.75) is 26.7 Å². The molecular formula is C25H25FN4O3. The second kappa shape index (κ2) is 9.28. The molecule has 4 aromatic rings. The van der Waals surface area contributed by atoms with Crippen LogP contribution in [-0.2, 0) is 11.2 Å². The molecule has 2 heterocycles. The van der Waals surface area contributed by atoms with Crippen molar-refractivity contribution >= 4 is 17.2 Å². The maximum Gasteiger partial charge on any atom is 0.224 e. The summed E-state index contributed by atoms with van der Waals surface area (Å²) < 4.78 is 26.4. The number of hydrogen-bond acceptors (Lipinski definition) is 5. The number of rotatable bonds is 7. The van der Waals surface area contributed by atoms with E-state index in [9.17, 15) is 9.18 Å². The maximum atomic E-state index is 13.8. The minimum absolute atomic E-state index is 0.176. The van der Waals surface area contributed by atoms with Crippen molar-refractivity contribution in [2.75, 3.05) is 19.5 Å². The lowest BCUT2D eigenvalue weighted by molar-refractivity contribution is -0.116. The van der Waals surface area contributed by atoms with E-state index in [0.29, 0.717) is 23.6 Å². The second-order valence-corrected chi connectivity index (χ2v) is 7.65. The molecular weight excluding hydrogens is 423 g/mol. The molecule has 0 spiro atoms. The Morgan fingerprint density at radius 2 is 1.88 bits per heavy atom. The number of methoxy groups -OCH3 is 2. The molecule has 0 aliphatic heterocycles. The molecule has 33 heavy (non-hydrogen) atoms. The van der Waals surface area contributed by atoms with Gasteiger partial charge in [-0.15, -0.1) is 0 Å². The van der Waals surface area contributed by atoms with Crippen LogP contribution in [0, 0.1) is 19.7 Å². The summed E-state index contributed by atoms with van der Waals surface area (Å²) in [5, 5.41) is 7.36. The zero-order chi connectivity index (χ0) is 23.5. The van der Waals surface area contributed by atoms with Crippen LogP contribution in [0.3, 0.4) is 0 Å². The minimum atomic E-state index is -0.459. The number of aryl methyl sites for hydroxylation is 2. The van der Waals surface area contributed by atoms with Gasteiger partial charge in [-0.25, -0.2) is 13.9 Å². The van der Waals surface area contributed by atoms with Crippen LogP contribution in [0.25, 0.3) is 16.9 Å². The molecule has 0 bridgehead atoms. The molecule has 8 heteroatoms. The first-order chi connectivity index (χ1) is 15.9. The standard InChI is InChI=1S/C25H25FN4O3/c1-15-18(11-12-25(31)28-21-8-6-5-7-20(21)26)16(2)30-24(27-15)14-22(29-30)19-10-9-17(32-3)13-23(19)33-4/h5-10,13-14H,11-12H2,1-4H3,(H,28,31). The summed E-state index contributed by atoms with van der Waals surface area (Å²) in [6.07, 6.45) is 0.658. The van der Waals surface area contributed by atoms with Crippen molar-refractivity contribution in [3.63, 3.8) is 0 Å². The third-order valence-corrected chi connectivity index (χ3v) is 5.60. The summed E-state index contributed by atoms with van der Waals surface area (Å²) in [6.45, 7) is 3.87. The van der Waals surface area contributed by atoms with Crippen LogP contribution < -0.4 is 14.8 Å². The van der Waals surface area contributed by atoms with Crippen LogP contribution in [0.5, 0.6) is 11.5 Å². The van der Waals surface area contributed by atoms with Gasteiger partial charge in [0.1, 0.15) is 17.3 Å². The number of nitrogens with zero attached hydrogens (tertiary/aromatic N) is 3. The van der Waals surface area contributed by atoms with Crippen molar-refractivity contribution in [2.24, 2.45) is 0 Å². The van der Waals surface area contributed by atoms with Gasteiger partial charge in [0.2, 0.25) is 5.91 Å². The third kappa shape index (κ3) is 4.50. The van der Waals surface area contributed by atoms with Crippen molar-refractivity contribution in [1.82, 2.24) is 14.6 Å². The van der Waals surface area contributed by atoms with E-state index >= 15 is 0 Å². The number of fused-ring (bicyclic) bond motifs is 1. The Kier molecular flexibility index (Phi) is 6.26. The number of anilines is 1. The largest absolute Gasteiger partial charge is 0.497 e. The Hall–Kier alpha value is -3.94. The van der Waals surface area contributed by atoms with Gasteiger partial charge >= 0.3 is 0 Å². The SMILES string of the molecule is COc1ccc(-c2cc3nc(C)c(CCC(=O)Nc4ccccc4F)c(C)n3n2)c(OC)c1. The minimum Gasteiger partial charge on any atom is -0.497 e. The van der Waals surface area contributed by atoms with E-state index in [2.05, 4.69) is 5.32 Å². The monoisotopic (exact) mass is 448 g/mol. The van der Waals surface area contributed by atoms with Gasteiger partial charge in [0, 0.05) is 35.5 Å². The lowest BCUT2D eigenvalue weighted by atomic mass is 10.1. The topological polar surface area (TPSA) is 77.8 Å². The average molecular weight is 448 g/mol. The van der Waals surface area contributed by atoms with Gasteiger partial charge in [-0.2, -0.15) is 5.10 Å². The van der Waals surface area contributed by atoms with Crippen molar-refractivity contribution in [1.29, 1.82) is 0 Å². The molecule has 0 radical (unpaired) electrons. The number of carbonyl (C=O) groups excluding carboxylic acids is 1. The average Bonchev–Trinajstić information content (AvgIpc) is 3.24. The number of amides is 1. The van der Waals surface area contributed by atoms with Crippen molar-refractivity contribution in [3.8, 4) is 22.8 Å². The van der Waals surface area contributed by atoms with Gasteiger partial charge in [-0.3, -0.25) is 4.79 Å². The van der Waals surface area contributed by atoms with Gasteiger partial charge in [0.15, 0.2) is 5.65 Å². The molecule has 0 saturated carbocycles. The van der Waals surface area contributed by atoms with Crippen LogP contribution in [0.2, 0.25) is 0 Å². The highest BCUT2D eigenvalue weighted by molar-refractivity contribution is 5.91. The summed E-state index contributed by atoms with van der Waals surface area (Å²) in [4.78, 5) is 17.1. The Morgan fingerprint density at radius 1 is 1.09 bits per heavy atom. The Bertz CT molecular complexity index is 1330. The number of ether oxygens (including phenoxy) is 2. The zero-order valence-electron chi connectivity index (χ0n) is 19.0. The number of aromatic nitrogens is 3. The predicted molar refractivity (Wildman–Crippen MR) is 124 cm³/mol. The number of nitrogens with one attached hydrogen (secondary N) is 1. The molecule has 0 unspecified atom stereocenters. The molecule has 0 atom stereocenters. The van der Waals surface area contributed by atoms with E-state index in [1.54, 1.807) is 30.9 Å². The van der Waals surface area contributed by atoms with Crippen LogP contribution in [0.4, 0.5) is 10.1 Å². The first kappa shape index (κ1) is 22.3. The molecule has 170 valence electrons. The predicted octanol–water partition coefficient (Wildman–Crippen LogP) is 4.74. The van der Waals surface area contributed by atoms with E-state index in [1.807, 2.05) is 38.1 Å². The summed E-state index contributed by atoms with van der Waals surface area (Å²) in [5.41, 5.74) is 5.09. The lowest BCUT2D eigenvalue weighted by Crippen LogP contribution is -2.15. The first-order valence-electron chi connectivity index (χ1n) is 10.5. The highest BCUT2D eigenvalue weighted by atomic mass is 19.1. The summed E-state index contributed by atoms with van der Waals surface area (Å²) in [6, 6.07) is 13.6. The van der Waals surface area contributed by atoms with Gasteiger partial charge in [-0.05, 0) is 50.1 Å².